The van der Waals surface area contributed by atoms with Gasteiger partial charge in [0.05, 0.1) is 18.8 Å². The zero-order chi connectivity index (χ0) is 11.1. The van der Waals surface area contributed by atoms with E-state index >= 15 is 0 Å². The Morgan fingerprint density at radius 3 is 3.00 bits per heavy atom. The lowest BCUT2D eigenvalue weighted by molar-refractivity contribution is 0.415. The molecule has 0 fully saturated rings. The largest absolute Gasteiger partial charge is 0.497 e. The SMILES string of the molecule is COc1ccc2c(c1)nc(Cl)c1[nH]ncc12. The highest BCUT2D eigenvalue weighted by atomic mass is 35.5. The number of methoxy groups -OCH3 is 1. The monoisotopic (exact) mass is 233 g/mol. The van der Waals surface area contributed by atoms with Gasteiger partial charge in [-0.25, -0.2) is 4.98 Å². The molecule has 0 aliphatic heterocycles. The summed E-state index contributed by atoms with van der Waals surface area (Å²) in [7, 11) is 1.62. The molecule has 0 atom stereocenters. The van der Waals surface area contributed by atoms with Crippen LogP contribution in [0.2, 0.25) is 5.15 Å². The highest BCUT2D eigenvalue weighted by molar-refractivity contribution is 6.35. The molecule has 1 aromatic carbocycles. The minimum atomic E-state index is 0.424. The predicted molar refractivity (Wildman–Crippen MR) is 63.0 cm³/mol. The number of hydrogen-bond donors (Lipinski definition) is 1. The number of halogens is 1. The number of H-pyrrole nitrogens is 1. The molecule has 3 aromatic rings. The van der Waals surface area contributed by atoms with Crippen LogP contribution in [0.25, 0.3) is 21.8 Å². The van der Waals surface area contributed by atoms with Crippen molar-refractivity contribution in [2.45, 2.75) is 0 Å². The second kappa shape index (κ2) is 3.35. The lowest BCUT2D eigenvalue weighted by Crippen LogP contribution is -1.86. The highest BCUT2D eigenvalue weighted by Crippen LogP contribution is 2.29. The van der Waals surface area contributed by atoms with Crippen molar-refractivity contribution in [1.29, 1.82) is 0 Å². The summed E-state index contributed by atoms with van der Waals surface area (Å²) >= 11 is 6.05. The molecule has 0 amide bonds. The molecule has 0 unspecified atom stereocenters. The predicted octanol–water partition coefficient (Wildman–Crippen LogP) is 2.77. The molecule has 0 saturated heterocycles. The van der Waals surface area contributed by atoms with Gasteiger partial charge >= 0.3 is 0 Å². The Balaban J connectivity index is 2.48. The van der Waals surface area contributed by atoms with E-state index in [9.17, 15) is 0 Å². The van der Waals surface area contributed by atoms with E-state index in [1.807, 2.05) is 18.2 Å². The van der Waals surface area contributed by atoms with Crippen molar-refractivity contribution in [2.24, 2.45) is 0 Å². The molecular formula is C11H8ClN3O. The van der Waals surface area contributed by atoms with Crippen molar-refractivity contribution in [2.75, 3.05) is 7.11 Å². The summed E-state index contributed by atoms with van der Waals surface area (Å²) in [5.41, 5.74) is 1.57. The second-order valence-corrected chi connectivity index (χ2v) is 3.80. The molecule has 0 bridgehead atoms. The molecule has 3 rings (SSSR count). The van der Waals surface area contributed by atoms with Crippen LogP contribution >= 0.6 is 11.6 Å². The fourth-order valence-electron chi connectivity index (χ4n) is 1.77. The van der Waals surface area contributed by atoms with Crippen LogP contribution in [-0.4, -0.2) is 22.3 Å². The van der Waals surface area contributed by atoms with E-state index in [1.54, 1.807) is 13.3 Å². The van der Waals surface area contributed by atoms with E-state index in [2.05, 4.69) is 15.2 Å². The number of benzene rings is 1. The van der Waals surface area contributed by atoms with Crippen molar-refractivity contribution in [1.82, 2.24) is 15.2 Å². The van der Waals surface area contributed by atoms with E-state index in [0.717, 1.165) is 27.6 Å². The fraction of sp³-hybridized carbons (Fsp3) is 0.0909. The van der Waals surface area contributed by atoms with Crippen LogP contribution in [0.15, 0.2) is 24.4 Å². The fourth-order valence-corrected chi connectivity index (χ4v) is 2.00. The summed E-state index contributed by atoms with van der Waals surface area (Å²) in [6.45, 7) is 0. The molecule has 80 valence electrons. The summed E-state index contributed by atoms with van der Waals surface area (Å²) in [5.74, 6) is 0.763. The zero-order valence-electron chi connectivity index (χ0n) is 8.49. The number of nitrogens with one attached hydrogen (secondary N) is 1. The number of rotatable bonds is 1. The topological polar surface area (TPSA) is 50.8 Å². The summed E-state index contributed by atoms with van der Waals surface area (Å²) < 4.78 is 5.15. The Hall–Kier alpha value is -1.81. The van der Waals surface area contributed by atoms with Gasteiger partial charge in [-0.15, -0.1) is 0 Å². The summed E-state index contributed by atoms with van der Waals surface area (Å²) in [5, 5.41) is 9.21. The van der Waals surface area contributed by atoms with Gasteiger partial charge in [-0.3, -0.25) is 5.10 Å². The van der Waals surface area contributed by atoms with Crippen LogP contribution in [-0.2, 0) is 0 Å². The Morgan fingerprint density at radius 2 is 2.19 bits per heavy atom. The van der Waals surface area contributed by atoms with Crippen LogP contribution in [0.3, 0.4) is 0 Å². The van der Waals surface area contributed by atoms with Crippen LogP contribution in [0.4, 0.5) is 0 Å². The van der Waals surface area contributed by atoms with Crippen molar-refractivity contribution in [3.8, 4) is 5.75 Å². The molecular weight excluding hydrogens is 226 g/mol. The van der Waals surface area contributed by atoms with E-state index in [1.165, 1.54) is 0 Å². The van der Waals surface area contributed by atoms with Crippen molar-refractivity contribution in [3.63, 3.8) is 0 Å². The molecule has 4 nitrogen and oxygen atoms in total. The molecule has 0 radical (unpaired) electrons. The first-order valence-corrected chi connectivity index (χ1v) is 5.14. The van der Waals surface area contributed by atoms with E-state index in [4.69, 9.17) is 16.3 Å². The second-order valence-electron chi connectivity index (χ2n) is 3.44. The standard InChI is InChI=1S/C11H8ClN3O/c1-16-6-2-3-7-8-5-13-15-10(8)11(12)14-9(7)4-6/h2-5H,1H3,(H,13,15). The smallest absolute Gasteiger partial charge is 0.155 e. The summed E-state index contributed by atoms with van der Waals surface area (Å²) in [4.78, 5) is 4.30. The van der Waals surface area contributed by atoms with Gasteiger partial charge in [0.1, 0.15) is 11.3 Å². The lowest BCUT2D eigenvalue weighted by Gasteiger charge is -2.03. The molecule has 16 heavy (non-hydrogen) atoms. The van der Waals surface area contributed by atoms with Crippen LogP contribution in [0, 0.1) is 0 Å². The number of pyridine rings is 1. The van der Waals surface area contributed by atoms with Gasteiger partial charge in [0.2, 0.25) is 0 Å². The molecule has 0 spiro atoms. The summed E-state index contributed by atoms with van der Waals surface area (Å²) in [6.07, 6.45) is 1.75. The molecule has 0 saturated carbocycles. The van der Waals surface area contributed by atoms with E-state index in [-0.39, 0.29) is 0 Å². The van der Waals surface area contributed by atoms with E-state index < -0.39 is 0 Å². The van der Waals surface area contributed by atoms with Crippen LogP contribution in [0.1, 0.15) is 0 Å². The average molecular weight is 234 g/mol. The molecule has 0 aliphatic rings. The number of aromatic amines is 1. The van der Waals surface area contributed by atoms with Gasteiger partial charge < -0.3 is 4.74 Å². The zero-order valence-corrected chi connectivity index (χ0v) is 9.25. The molecule has 0 aliphatic carbocycles. The number of nitrogens with zero attached hydrogens (tertiary/aromatic N) is 2. The van der Waals surface area contributed by atoms with Gasteiger partial charge in [-0.05, 0) is 12.1 Å². The first-order valence-electron chi connectivity index (χ1n) is 4.76. The Labute approximate surface area is 96.2 Å². The van der Waals surface area contributed by atoms with Gasteiger partial charge in [0, 0.05) is 16.8 Å². The van der Waals surface area contributed by atoms with Gasteiger partial charge in [0.15, 0.2) is 5.15 Å². The maximum Gasteiger partial charge on any atom is 0.155 e. The third-order valence-electron chi connectivity index (χ3n) is 2.56. The van der Waals surface area contributed by atoms with Gasteiger partial charge in [-0.1, -0.05) is 11.6 Å². The first-order chi connectivity index (χ1) is 7.79. The minimum Gasteiger partial charge on any atom is -0.497 e. The first kappa shape index (κ1) is 9.42. The molecule has 1 N–H and O–H groups in total. The molecule has 2 aromatic heterocycles. The third kappa shape index (κ3) is 1.23. The van der Waals surface area contributed by atoms with Crippen molar-refractivity contribution in [3.05, 3.63) is 29.5 Å². The van der Waals surface area contributed by atoms with Crippen molar-refractivity contribution >= 4 is 33.4 Å². The van der Waals surface area contributed by atoms with Gasteiger partial charge in [-0.2, -0.15) is 5.10 Å². The number of fused-ring (bicyclic) bond motifs is 3. The quantitative estimate of drug-likeness (QED) is 0.658. The third-order valence-corrected chi connectivity index (χ3v) is 2.83. The van der Waals surface area contributed by atoms with Crippen LogP contribution in [0.5, 0.6) is 5.75 Å². The average Bonchev–Trinajstić information content (AvgIpc) is 2.78. The maximum absolute atomic E-state index is 6.05. The number of ether oxygens (including phenoxy) is 1. The van der Waals surface area contributed by atoms with E-state index in [0.29, 0.717) is 5.15 Å². The lowest BCUT2D eigenvalue weighted by atomic mass is 10.1. The number of hydrogen-bond acceptors (Lipinski definition) is 3. The molecule has 2 heterocycles. The summed E-state index contributed by atoms with van der Waals surface area (Å²) in [6, 6.07) is 5.70. The Morgan fingerprint density at radius 1 is 1.31 bits per heavy atom. The number of aromatic nitrogens is 3. The Bertz CT molecular complexity index is 677. The molecule has 5 heteroatoms. The normalized spacial score (nSPS) is 11.1. The van der Waals surface area contributed by atoms with Gasteiger partial charge in [0.25, 0.3) is 0 Å². The Kier molecular flexibility index (Phi) is 1.97. The highest BCUT2D eigenvalue weighted by Gasteiger charge is 2.08. The van der Waals surface area contributed by atoms with Crippen molar-refractivity contribution < 1.29 is 4.74 Å². The van der Waals surface area contributed by atoms with Crippen LogP contribution < -0.4 is 4.74 Å². The minimum absolute atomic E-state index is 0.424. The maximum atomic E-state index is 6.05.